The molecule has 4 rings (SSSR count). The summed E-state index contributed by atoms with van der Waals surface area (Å²) in [4.78, 5) is 20.6. The average Bonchev–Trinajstić information content (AvgIpc) is 3.25. The first-order valence-corrected chi connectivity index (χ1v) is 8.53. The number of rotatable bonds is 5. The predicted molar refractivity (Wildman–Crippen MR) is 102 cm³/mol. The zero-order valence-corrected chi connectivity index (χ0v) is 15.0. The van der Waals surface area contributed by atoms with Gasteiger partial charge in [0, 0.05) is 29.7 Å². The Hall–Kier alpha value is -4.00. The molecule has 2 heterocycles. The molecule has 0 saturated carbocycles. The second-order valence-electron chi connectivity index (χ2n) is 5.84. The fourth-order valence-corrected chi connectivity index (χ4v) is 2.59. The SMILES string of the molecule is COc1ccc(C(=O)n2ccc(-c3ccc(Oc4ncccn4)cc3)n2)cc1. The van der Waals surface area contributed by atoms with Crippen LogP contribution in [0.4, 0.5) is 0 Å². The van der Waals surface area contributed by atoms with Crippen molar-refractivity contribution in [2.75, 3.05) is 7.11 Å². The van der Waals surface area contributed by atoms with E-state index in [2.05, 4.69) is 15.1 Å². The lowest BCUT2D eigenvalue weighted by Crippen LogP contribution is -2.12. The van der Waals surface area contributed by atoms with Crippen molar-refractivity contribution < 1.29 is 14.3 Å². The summed E-state index contributed by atoms with van der Waals surface area (Å²) in [5, 5.41) is 4.38. The summed E-state index contributed by atoms with van der Waals surface area (Å²) in [6, 6.07) is 18.0. The molecule has 0 spiro atoms. The molecule has 0 unspecified atom stereocenters. The normalized spacial score (nSPS) is 10.5. The first kappa shape index (κ1) is 17.4. The van der Waals surface area contributed by atoms with E-state index in [0.717, 1.165) is 5.56 Å². The maximum atomic E-state index is 12.6. The molecule has 2 aromatic carbocycles. The van der Waals surface area contributed by atoms with E-state index in [1.165, 1.54) is 4.68 Å². The van der Waals surface area contributed by atoms with Crippen molar-refractivity contribution in [3.05, 3.63) is 84.8 Å². The molecule has 7 nitrogen and oxygen atoms in total. The summed E-state index contributed by atoms with van der Waals surface area (Å²) in [5.74, 6) is 1.10. The zero-order valence-electron chi connectivity index (χ0n) is 15.0. The minimum absolute atomic E-state index is 0.213. The number of benzene rings is 2. The van der Waals surface area contributed by atoms with Crippen LogP contribution in [0.25, 0.3) is 11.3 Å². The first-order chi connectivity index (χ1) is 13.7. The standard InChI is InChI=1S/C21H16N4O3/c1-27-17-7-5-16(6-8-17)20(26)25-14-11-19(24-25)15-3-9-18(10-4-15)28-21-22-12-2-13-23-21/h2-14H,1H3. The summed E-state index contributed by atoms with van der Waals surface area (Å²) in [6.45, 7) is 0. The molecule has 0 saturated heterocycles. The van der Waals surface area contributed by atoms with Gasteiger partial charge in [-0.2, -0.15) is 5.10 Å². The highest BCUT2D eigenvalue weighted by Crippen LogP contribution is 2.23. The Bertz CT molecular complexity index is 1070. The number of methoxy groups -OCH3 is 1. The average molecular weight is 372 g/mol. The minimum atomic E-state index is -0.213. The van der Waals surface area contributed by atoms with Crippen molar-refractivity contribution in [3.8, 4) is 28.8 Å². The van der Waals surface area contributed by atoms with Gasteiger partial charge in [-0.15, -0.1) is 0 Å². The molecule has 0 aliphatic carbocycles. The van der Waals surface area contributed by atoms with Gasteiger partial charge >= 0.3 is 6.01 Å². The topological polar surface area (TPSA) is 79.1 Å². The molecule has 4 aromatic rings. The quantitative estimate of drug-likeness (QED) is 0.530. The molecule has 7 heteroatoms. The van der Waals surface area contributed by atoms with Gasteiger partial charge in [0.25, 0.3) is 5.91 Å². The molecule has 28 heavy (non-hydrogen) atoms. The van der Waals surface area contributed by atoms with Gasteiger partial charge in [0.1, 0.15) is 11.5 Å². The number of carbonyl (C=O) groups is 1. The van der Waals surface area contributed by atoms with Gasteiger partial charge < -0.3 is 9.47 Å². The van der Waals surface area contributed by atoms with Gasteiger partial charge in [-0.25, -0.2) is 14.6 Å². The molecule has 138 valence electrons. The monoisotopic (exact) mass is 372 g/mol. The van der Waals surface area contributed by atoms with Crippen LogP contribution in [0.2, 0.25) is 0 Å². The Balaban J connectivity index is 1.49. The van der Waals surface area contributed by atoms with Gasteiger partial charge in [0.05, 0.1) is 12.8 Å². The van der Waals surface area contributed by atoms with E-state index in [1.54, 1.807) is 74.2 Å². The molecular formula is C21H16N4O3. The number of ether oxygens (including phenoxy) is 2. The summed E-state index contributed by atoms with van der Waals surface area (Å²) < 4.78 is 12.0. The van der Waals surface area contributed by atoms with Crippen LogP contribution in [0.3, 0.4) is 0 Å². The van der Waals surface area contributed by atoms with Crippen molar-refractivity contribution in [3.63, 3.8) is 0 Å². The van der Waals surface area contributed by atoms with E-state index in [-0.39, 0.29) is 11.9 Å². The highest BCUT2D eigenvalue weighted by Gasteiger charge is 2.11. The van der Waals surface area contributed by atoms with E-state index < -0.39 is 0 Å². The van der Waals surface area contributed by atoms with Gasteiger partial charge in [0.15, 0.2) is 0 Å². The number of hydrogen-bond donors (Lipinski definition) is 0. The van der Waals surface area contributed by atoms with Crippen LogP contribution >= 0.6 is 0 Å². The highest BCUT2D eigenvalue weighted by atomic mass is 16.5. The van der Waals surface area contributed by atoms with E-state index in [4.69, 9.17) is 9.47 Å². The third kappa shape index (κ3) is 3.73. The van der Waals surface area contributed by atoms with Crippen molar-refractivity contribution in [1.82, 2.24) is 19.7 Å². The molecular weight excluding hydrogens is 356 g/mol. The van der Waals surface area contributed by atoms with Gasteiger partial charge in [-0.05, 0) is 60.7 Å². The van der Waals surface area contributed by atoms with E-state index in [1.807, 2.05) is 12.1 Å². The van der Waals surface area contributed by atoms with Crippen molar-refractivity contribution in [2.24, 2.45) is 0 Å². The lowest BCUT2D eigenvalue weighted by atomic mass is 10.1. The number of carbonyl (C=O) groups excluding carboxylic acids is 1. The fraction of sp³-hybridized carbons (Fsp3) is 0.0476. The van der Waals surface area contributed by atoms with Crippen LogP contribution in [0.5, 0.6) is 17.5 Å². The fourth-order valence-electron chi connectivity index (χ4n) is 2.59. The molecule has 0 radical (unpaired) electrons. The lowest BCUT2D eigenvalue weighted by Gasteiger charge is -2.04. The van der Waals surface area contributed by atoms with Crippen molar-refractivity contribution in [2.45, 2.75) is 0 Å². The predicted octanol–water partition coefficient (Wildman–Crippen LogP) is 3.83. The Kier molecular flexibility index (Phi) is 4.79. The van der Waals surface area contributed by atoms with Crippen molar-refractivity contribution in [1.29, 1.82) is 0 Å². The Labute approximate surface area is 161 Å². The Morgan fingerprint density at radius 2 is 1.57 bits per heavy atom. The third-order valence-electron chi connectivity index (χ3n) is 4.04. The molecule has 0 N–H and O–H groups in total. The lowest BCUT2D eigenvalue weighted by molar-refractivity contribution is 0.0945. The minimum Gasteiger partial charge on any atom is -0.497 e. The van der Waals surface area contributed by atoms with E-state index in [9.17, 15) is 4.79 Å². The molecule has 0 aliphatic rings. The first-order valence-electron chi connectivity index (χ1n) is 8.53. The van der Waals surface area contributed by atoms with E-state index >= 15 is 0 Å². The molecule has 0 aliphatic heterocycles. The largest absolute Gasteiger partial charge is 0.497 e. The number of hydrogen-bond acceptors (Lipinski definition) is 6. The second-order valence-corrected chi connectivity index (χ2v) is 5.84. The maximum absolute atomic E-state index is 12.6. The van der Waals surface area contributed by atoms with Crippen LogP contribution < -0.4 is 9.47 Å². The third-order valence-corrected chi connectivity index (χ3v) is 4.04. The molecule has 2 aromatic heterocycles. The van der Waals surface area contributed by atoms with Crippen LogP contribution in [-0.2, 0) is 0 Å². The Morgan fingerprint density at radius 3 is 2.25 bits per heavy atom. The maximum Gasteiger partial charge on any atom is 0.321 e. The second kappa shape index (κ2) is 7.71. The summed E-state index contributed by atoms with van der Waals surface area (Å²) in [7, 11) is 1.58. The van der Waals surface area contributed by atoms with Gasteiger partial charge in [-0.3, -0.25) is 4.79 Å². The molecule has 0 amide bonds. The summed E-state index contributed by atoms with van der Waals surface area (Å²) in [6.07, 6.45) is 4.87. The van der Waals surface area contributed by atoms with Crippen LogP contribution in [0.1, 0.15) is 10.4 Å². The molecule has 0 atom stereocenters. The number of aromatic nitrogens is 4. The van der Waals surface area contributed by atoms with Crippen LogP contribution in [-0.4, -0.2) is 32.8 Å². The van der Waals surface area contributed by atoms with Crippen LogP contribution in [0, 0.1) is 0 Å². The van der Waals surface area contributed by atoms with Crippen LogP contribution in [0.15, 0.2) is 79.3 Å². The smallest absolute Gasteiger partial charge is 0.321 e. The zero-order chi connectivity index (χ0) is 19.3. The summed E-state index contributed by atoms with van der Waals surface area (Å²) in [5.41, 5.74) is 2.08. The summed E-state index contributed by atoms with van der Waals surface area (Å²) >= 11 is 0. The van der Waals surface area contributed by atoms with E-state index in [0.29, 0.717) is 22.8 Å². The molecule has 0 bridgehead atoms. The number of nitrogens with zero attached hydrogens (tertiary/aromatic N) is 4. The van der Waals surface area contributed by atoms with Crippen molar-refractivity contribution >= 4 is 5.91 Å². The highest BCUT2D eigenvalue weighted by molar-refractivity contribution is 5.95. The Morgan fingerprint density at radius 1 is 0.893 bits per heavy atom. The van der Waals surface area contributed by atoms with Gasteiger partial charge in [-0.1, -0.05) is 0 Å². The molecule has 0 fully saturated rings. The van der Waals surface area contributed by atoms with Gasteiger partial charge in [0.2, 0.25) is 0 Å².